The molecular weight excluding hydrogens is 388 g/mol. The van der Waals surface area contributed by atoms with E-state index in [0.717, 1.165) is 32.1 Å². The van der Waals surface area contributed by atoms with Gasteiger partial charge in [-0.15, -0.1) is 0 Å². The molecule has 5 nitrogen and oxygen atoms in total. The van der Waals surface area contributed by atoms with Crippen LogP contribution in [-0.4, -0.2) is 35.4 Å². The first-order valence-electron chi connectivity index (χ1n) is 11.5. The van der Waals surface area contributed by atoms with Crippen LogP contribution in [0.3, 0.4) is 0 Å². The maximum atomic E-state index is 12.8. The zero-order valence-electron chi connectivity index (χ0n) is 18.5. The molecule has 2 aromatic carbocycles. The summed E-state index contributed by atoms with van der Waals surface area (Å²) in [5, 5.41) is 3.17. The molecule has 0 aromatic heterocycles. The molecule has 3 atom stereocenters. The van der Waals surface area contributed by atoms with Crippen LogP contribution in [-0.2, 0) is 11.2 Å². The van der Waals surface area contributed by atoms with Crippen LogP contribution >= 0.6 is 0 Å². The number of nitrogens with zero attached hydrogens (tertiary/aromatic N) is 1. The number of carbonyl (C=O) groups excluding carboxylic acids is 2. The number of aryl methyl sites for hydroxylation is 1. The predicted octanol–water partition coefficient (Wildman–Crippen LogP) is 4.66. The minimum atomic E-state index is -0.0831. The summed E-state index contributed by atoms with van der Waals surface area (Å²) in [5.74, 6) is 0.544. The molecule has 2 aliphatic rings. The van der Waals surface area contributed by atoms with Crippen LogP contribution in [0, 0.1) is 0 Å². The number of piperidine rings is 1. The standard InChI is InChI=1S/C26H32N2O3/c1-18-7-5-8-19(2)28(18)25(29)17-31-22-15-13-21(14-16-22)26(30)27-24-12-6-10-20-9-3-4-11-23(20)24/h3-4,9,11,13-16,18-19,24H,5-8,10,12,17H2,1-2H3,(H,27,30)/t18-,19+,24-/m0/s1. The van der Waals surface area contributed by atoms with Crippen LogP contribution < -0.4 is 10.1 Å². The number of fused-ring (bicyclic) bond motifs is 1. The molecule has 2 amide bonds. The SMILES string of the molecule is C[C@@H]1CCC[C@H](C)N1C(=O)COc1ccc(C(=O)N[C@H]2CCCc3ccccc32)cc1. The van der Waals surface area contributed by atoms with Gasteiger partial charge in [-0.05, 0) is 87.8 Å². The summed E-state index contributed by atoms with van der Waals surface area (Å²) < 4.78 is 5.73. The third-order valence-corrected chi connectivity index (χ3v) is 6.64. The van der Waals surface area contributed by atoms with Crippen LogP contribution in [0.25, 0.3) is 0 Å². The fourth-order valence-corrected chi connectivity index (χ4v) is 4.98. The van der Waals surface area contributed by atoms with Gasteiger partial charge in [0, 0.05) is 17.6 Å². The lowest BCUT2D eigenvalue weighted by atomic mass is 9.87. The van der Waals surface area contributed by atoms with Crippen molar-refractivity contribution in [3.8, 4) is 5.75 Å². The second-order valence-electron chi connectivity index (χ2n) is 8.86. The largest absolute Gasteiger partial charge is 0.484 e. The van der Waals surface area contributed by atoms with Gasteiger partial charge in [0.25, 0.3) is 11.8 Å². The molecule has 1 N–H and O–H groups in total. The van der Waals surface area contributed by atoms with Crippen molar-refractivity contribution in [3.05, 3.63) is 65.2 Å². The second-order valence-corrected chi connectivity index (χ2v) is 8.86. The molecule has 0 radical (unpaired) electrons. The Kier molecular flexibility index (Phi) is 6.59. The molecule has 1 fully saturated rings. The fraction of sp³-hybridized carbons (Fsp3) is 0.462. The van der Waals surface area contributed by atoms with Crippen LogP contribution in [0.2, 0.25) is 0 Å². The summed E-state index contributed by atoms with van der Waals surface area (Å²) in [6.07, 6.45) is 6.37. The van der Waals surface area contributed by atoms with Crippen molar-refractivity contribution in [1.82, 2.24) is 10.2 Å². The van der Waals surface area contributed by atoms with E-state index in [1.54, 1.807) is 24.3 Å². The Labute approximate surface area is 184 Å². The number of benzene rings is 2. The molecule has 1 heterocycles. The Morgan fingerprint density at radius 3 is 2.42 bits per heavy atom. The Balaban J connectivity index is 1.33. The second kappa shape index (κ2) is 9.54. The van der Waals surface area contributed by atoms with Gasteiger partial charge in [0.1, 0.15) is 5.75 Å². The molecule has 0 unspecified atom stereocenters. The fourth-order valence-electron chi connectivity index (χ4n) is 4.98. The zero-order chi connectivity index (χ0) is 21.8. The third kappa shape index (κ3) is 4.92. The highest BCUT2D eigenvalue weighted by Crippen LogP contribution is 2.30. The monoisotopic (exact) mass is 420 g/mol. The molecule has 0 spiro atoms. The number of carbonyl (C=O) groups is 2. The molecule has 1 aliphatic heterocycles. The molecule has 0 saturated carbocycles. The number of nitrogens with one attached hydrogen (secondary N) is 1. The molecule has 2 aromatic rings. The summed E-state index contributed by atoms with van der Waals surface area (Å²) in [5.41, 5.74) is 3.14. The first-order valence-corrected chi connectivity index (χ1v) is 11.5. The van der Waals surface area contributed by atoms with Crippen LogP contribution in [0.15, 0.2) is 48.5 Å². The number of ether oxygens (including phenoxy) is 1. The van der Waals surface area contributed by atoms with Gasteiger partial charge in [-0.25, -0.2) is 0 Å². The van der Waals surface area contributed by atoms with Gasteiger partial charge in [0.15, 0.2) is 6.61 Å². The molecular formula is C26H32N2O3. The smallest absolute Gasteiger partial charge is 0.260 e. The van der Waals surface area contributed by atoms with Crippen LogP contribution in [0.4, 0.5) is 0 Å². The third-order valence-electron chi connectivity index (χ3n) is 6.64. The Hall–Kier alpha value is -2.82. The predicted molar refractivity (Wildman–Crippen MR) is 121 cm³/mol. The van der Waals surface area contributed by atoms with Crippen molar-refractivity contribution in [1.29, 1.82) is 0 Å². The number of likely N-dealkylation sites (tertiary alicyclic amines) is 1. The van der Waals surface area contributed by atoms with E-state index in [9.17, 15) is 9.59 Å². The first-order chi connectivity index (χ1) is 15.0. The highest BCUT2D eigenvalue weighted by Gasteiger charge is 2.29. The average molecular weight is 421 g/mol. The van der Waals surface area contributed by atoms with Gasteiger partial charge < -0.3 is 15.0 Å². The lowest BCUT2D eigenvalue weighted by Crippen LogP contribution is -2.49. The van der Waals surface area contributed by atoms with Gasteiger partial charge in [-0.1, -0.05) is 24.3 Å². The topological polar surface area (TPSA) is 58.6 Å². The van der Waals surface area contributed by atoms with Crippen LogP contribution in [0.5, 0.6) is 5.75 Å². The van der Waals surface area contributed by atoms with Crippen molar-refractivity contribution in [3.63, 3.8) is 0 Å². The van der Waals surface area contributed by atoms with Crippen molar-refractivity contribution in [2.75, 3.05) is 6.61 Å². The van der Waals surface area contributed by atoms with E-state index in [4.69, 9.17) is 4.74 Å². The molecule has 1 saturated heterocycles. The van der Waals surface area contributed by atoms with E-state index in [1.807, 2.05) is 11.0 Å². The van der Waals surface area contributed by atoms with Gasteiger partial charge in [0.2, 0.25) is 0 Å². The highest BCUT2D eigenvalue weighted by atomic mass is 16.5. The summed E-state index contributed by atoms with van der Waals surface area (Å²) in [4.78, 5) is 27.3. The van der Waals surface area contributed by atoms with Crippen LogP contribution in [0.1, 0.15) is 73.5 Å². The van der Waals surface area contributed by atoms with E-state index in [2.05, 4.69) is 37.4 Å². The number of amides is 2. The summed E-state index contributed by atoms with van der Waals surface area (Å²) in [6, 6.07) is 16.0. The quantitative estimate of drug-likeness (QED) is 0.765. The van der Waals surface area contributed by atoms with Gasteiger partial charge in [-0.2, -0.15) is 0 Å². The molecule has 164 valence electrons. The van der Waals surface area contributed by atoms with E-state index < -0.39 is 0 Å². The van der Waals surface area contributed by atoms with E-state index in [0.29, 0.717) is 11.3 Å². The molecule has 5 heteroatoms. The van der Waals surface area contributed by atoms with Crippen molar-refractivity contribution in [2.24, 2.45) is 0 Å². The normalized spacial score (nSPS) is 23.0. The minimum Gasteiger partial charge on any atom is -0.484 e. The number of rotatable bonds is 5. The van der Waals surface area contributed by atoms with Crippen molar-refractivity contribution >= 4 is 11.8 Å². The lowest BCUT2D eigenvalue weighted by Gasteiger charge is -2.38. The molecule has 1 aliphatic carbocycles. The summed E-state index contributed by atoms with van der Waals surface area (Å²) >= 11 is 0. The lowest BCUT2D eigenvalue weighted by molar-refractivity contribution is -0.139. The summed E-state index contributed by atoms with van der Waals surface area (Å²) in [7, 11) is 0. The van der Waals surface area contributed by atoms with Crippen molar-refractivity contribution < 1.29 is 14.3 Å². The number of hydrogen-bond acceptors (Lipinski definition) is 3. The van der Waals surface area contributed by atoms with Crippen molar-refractivity contribution in [2.45, 2.75) is 70.5 Å². The minimum absolute atomic E-state index is 0.0254. The summed E-state index contributed by atoms with van der Waals surface area (Å²) in [6.45, 7) is 4.23. The molecule has 0 bridgehead atoms. The zero-order valence-corrected chi connectivity index (χ0v) is 18.5. The molecule has 4 rings (SSSR count). The highest BCUT2D eigenvalue weighted by molar-refractivity contribution is 5.94. The number of hydrogen-bond donors (Lipinski definition) is 1. The Morgan fingerprint density at radius 1 is 0.968 bits per heavy atom. The van der Waals surface area contributed by atoms with E-state index in [1.165, 1.54) is 17.5 Å². The van der Waals surface area contributed by atoms with Gasteiger partial charge in [0.05, 0.1) is 6.04 Å². The van der Waals surface area contributed by atoms with E-state index >= 15 is 0 Å². The van der Waals surface area contributed by atoms with Gasteiger partial charge >= 0.3 is 0 Å². The average Bonchev–Trinajstić information content (AvgIpc) is 2.78. The first kappa shape index (κ1) is 21.4. The van der Waals surface area contributed by atoms with E-state index in [-0.39, 0.29) is 36.5 Å². The maximum Gasteiger partial charge on any atom is 0.260 e. The molecule has 31 heavy (non-hydrogen) atoms. The maximum absolute atomic E-state index is 12.8. The van der Waals surface area contributed by atoms with Gasteiger partial charge in [-0.3, -0.25) is 9.59 Å². The Bertz CT molecular complexity index is 915. The Morgan fingerprint density at radius 2 is 1.68 bits per heavy atom.